The highest BCUT2D eigenvalue weighted by molar-refractivity contribution is 5.78. The Morgan fingerprint density at radius 3 is 2.21 bits per heavy atom. The first-order valence-electron chi connectivity index (χ1n) is 5.09. The molecule has 0 aliphatic carbocycles. The Bertz CT molecular complexity index is 466. The fourth-order valence-electron chi connectivity index (χ4n) is 1.28. The normalized spacial score (nSPS) is 13.2. The maximum Gasteiger partial charge on any atom is 0.380 e. The number of benzene rings is 1. The van der Waals surface area contributed by atoms with Gasteiger partial charge in [0.1, 0.15) is 0 Å². The third-order valence-electron chi connectivity index (χ3n) is 2.21. The molecule has 1 aromatic rings. The lowest BCUT2D eigenvalue weighted by molar-refractivity contribution is -0.189. The maximum absolute atomic E-state index is 13.4. The highest BCUT2D eigenvalue weighted by atomic mass is 19.3. The minimum Gasteiger partial charge on any atom is -0.461 e. The highest BCUT2D eigenvalue weighted by Gasteiger charge is 2.49. The van der Waals surface area contributed by atoms with Crippen molar-refractivity contribution in [2.24, 2.45) is 0 Å². The number of carbonyl (C=O) groups is 1. The first-order valence-corrected chi connectivity index (χ1v) is 5.09. The van der Waals surface area contributed by atoms with E-state index in [1.54, 1.807) is 0 Å². The van der Waals surface area contributed by atoms with E-state index in [9.17, 15) is 31.9 Å². The van der Waals surface area contributed by atoms with Crippen LogP contribution >= 0.6 is 0 Å². The van der Waals surface area contributed by atoms with Crippen LogP contribution in [0.15, 0.2) is 12.1 Å². The number of carbonyl (C=O) groups excluding carboxylic acids is 1. The smallest absolute Gasteiger partial charge is 0.380 e. The topological polar surface area (TPSA) is 46.5 Å². The third kappa shape index (κ3) is 3.01. The van der Waals surface area contributed by atoms with Crippen LogP contribution in [0.3, 0.4) is 0 Å². The van der Waals surface area contributed by atoms with Crippen molar-refractivity contribution in [2.75, 3.05) is 6.61 Å². The molecule has 1 N–H and O–H groups in total. The molecule has 0 amide bonds. The summed E-state index contributed by atoms with van der Waals surface area (Å²) in [6, 6.07) is 0.354. The zero-order valence-electron chi connectivity index (χ0n) is 9.59. The summed E-state index contributed by atoms with van der Waals surface area (Å²) in [5.41, 5.74) is -0.977. The van der Waals surface area contributed by atoms with E-state index in [0.717, 1.165) is 0 Å². The molecule has 0 aliphatic rings. The molecule has 0 saturated carbocycles. The average molecular weight is 284 g/mol. The molecule has 0 aliphatic heterocycles. The number of hydrogen-bond acceptors (Lipinski definition) is 3. The number of ether oxygens (including phenoxy) is 1. The third-order valence-corrected chi connectivity index (χ3v) is 2.21. The van der Waals surface area contributed by atoms with Crippen molar-refractivity contribution < 1.29 is 36.6 Å². The Labute approximate surface area is 104 Å². The molecule has 0 bridgehead atoms. The second kappa shape index (κ2) is 5.52. The monoisotopic (exact) mass is 284 g/mol. The van der Waals surface area contributed by atoms with Gasteiger partial charge in [0.15, 0.2) is 23.6 Å². The Hall–Kier alpha value is -1.70. The van der Waals surface area contributed by atoms with Gasteiger partial charge in [0.25, 0.3) is 0 Å². The molecule has 8 heteroatoms. The molecule has 0 saturated heterocycles. The standard InChI is InChI=1S/C11H9F5O3/c1-2-19-10(18)11(15,16)9(17)5-3-6(12)8(14)7(13)4-5/h3-4,9,17H,2H2,1H3. The summed E-state index contributed by atoms with van der Waals surface area (Å²) >= 11 is 0. The van der Waals surface area contributed by atoms with Gasteiger partial charge < -0.3 is 9.84 Å². The second-order valence-electron chi connectivity index (χ2n) is 3.54. The molecule has 1 aromatic carbocycles. The summed E-state index contributed by atoms with van der Waals surface area (Å²) < 4.78 is 69.1. The van der Waals surface area contributed by atoms with Crippen molar-refractivity contribution in [2.45, 2.75) is 19.0 Å². The largest absolute Gasteiger partial charge is 0.461 e. The van der Waals surface area contributed by atoms with Crippen molar-refractivity contribution in [1.82, 2.24) is 0 Å². The van der Waals surface area contributed by atoms with E-state index in [0.29, 0.717) is 0 Å². The molecule has 0 aromatic heterocycles. The predicted molar refractivity (Wildman–Crippen MR) is 52.9 cm³/mol. The molecule has 106 valence electrons. The minimum absolute atomic E-state index is 0.177. The van der Waals surface area contributed by atoms with Crippen molar-refractivity contribution in [3.8, 4) is 0 Å². The van der Waals surface area contributed by atoms with Gasteiger partial charge >= 0.3 is 11.9 Å². The molecule has 3 nitrogen and oxygen atoms in total. The van der Waals surface area contributed by atoms with Crippen LogP contribution in [-0.4, -0.2) is 23.6 Å². The van der Waals surface area contributed by atoms with Crippen LogP contribution in [0, 0.1) is 17.5 Å². The SMILES string of the molecule is CCOC(=O)C(F)(F)C(O)c1cc(F)c(F)c(F)c1. The maximum atomic E-state index is 13.4. The van der Waals surface area contributed by atoms with Crippen LogP contribution < -0.4 is 0 Å². The van der Waals surface area contributed by atoms with Crippen molar-refractivity contribution in [1.29, 1.82) is 0 Å². The molecule has 19 heavy (non-hydrogen) atoms. The number of esters is 1. The number of alkyl halides is 2. The molecule has 1 atom stereocenters. The Kier molecular flexibility index (Phi) is 4.46. The van der Waals surface area contributed by atoms with Crippen LogP contribution in [-0.2, 0) is 9.53 Å². The van der Waals surface area contributed by atoms with Crippen molar-refractivity contribution in [3.63, 3.8) is 0 Å². The van der Waals surface area contributed by atoms with E-state index in [1.165, 1.54) is 6.92 Å². The van der Waals surface area contributed by atoms with Gasteiger partial charge in [0.2, 0.25) is 0 Å². The summed E-state index contributed by atoms with van der Waals surface area (Å²) in [5, 5.41) is 9.28. The van der Waals surface area contributed by atoms with Gasteiger partial charge in [-0.1, -0.05) is 0 Å². The van der Waals surface area contributed by atoms with E-state index >= 15 is 0 Å². The molecule has 1 unspecified atom stereocenters. The Morgan fingerprint density at radius 1 is 1.32 bits per heavy atom. The van der Waals surface area contributed by atoms with Crippen LogP contribution in [0.1, 0.15) is 18.6 Å². The predicted octanol–water partition coefficient (Wildman–Crippen LogP) is 2.34. The molecule has 0 spiro atoms. The number of aliphatic hydroxyl groups excluding tert-OH is 1. The van der Waals surface area contributed by atoms with E-state index in [-0.39, 0.29) is 18.7 Å². The summed E-state index contributed by atoms with van der Waals surface area (Å²) in [6.45, 7) is 0.894. The zero-order valence-corrected chi connectivity index (χ0v) is 9.59. The summed E-state index contributed by atoms with van der Waals surface area (Å²) in [7, 11) is 0. The lowest BCUT2D eigenvalue weighted by atomic mass is 10.0. The molecule has 1 rings (SSSR count). The zero-order chi connectivity index (χ0) is 14.8. The van der Waals surface area contributed by atoms with Gasteiger partial charge in [-0.05, 0) is 24.6 Å². The quantitative estimate of drug-likeness (QED) is 0.524. The summed E-state index contributed by atoms with van der Waals surface area (Å²) in [6.07, 6.45) is -2.85. The lowest BCUT2D eigenvalue weighted by Gasteiger charge is -2.21. The number of rotatable bonds is 4. The fourth-order valence-corrected chi connectivity index (χ4v) is 1.28. The van der Waals surface area contributed by atoms with E-state index in [1.807, 2.05) is 0 Å². The molecule has 0 radical (unpaired) electrons. The van der Waals surface area contributed by atoms with Gasteiger partial charge in [-0.15, -0.1) is 0 Å². The number of halogens is 5. The van der Waals surface area contributed by atoms with Crippen LogP contribution in [0.2, 0.25) is 0 Å². The van der Waals surface area contributed by atoms with Crippen LogP contribution in [0.25, 0.3) is 0 Å². The van der Waals surface area contributed by atoms with Crippen LogP contribution in [0.5, 0.6) is 0 Å². The number of hydrogen-bond donors (Lipinski definition) is 1. The van der Waals surface area contributed by atoms with Crippen molar-refractivity contribution in [3.05, 3.63) is 35.1 Å². The van der Waals surface area contributed by atoms with E-state index in [4.69, 9.17) is 0 Å². The van der Waals surface area contributed by atoms with Gasteiger partial charge in [-0.3, -0.25) is 0 Å². The van der Waals surface area contributed by atoms with Gasteiger partial charge in [-0.2, -0.15) is 8.78 Å². The van der Waals surface area contributed by atoms with Crippen molar-refractivity contribution >= 4 is 5.97 Å². The highest BCUT2D eigenvalue weighted by Crippen LogP contribution is 2.33. The van der Waals surface area contributed by atoms with E-state index in [2.05, 4.69) is 4.74 Å². The van der Waals surface area contributed by atoms with Gasteiger partial charge in [-0.25, -0.2) is 18.0 Å². The molecular formula is C11H9F5O3. The summed E-state index contributed by atoms with van der Waals surface area (Å²) in [5.74, 6) is -11.8. The average Bonchev–Trinajstić information content (AvgIpc) is 2.34. The number of aliphatic hydroxyl groups is 1. The molecule has 0 heterocycles. The first-order chi connectivity index (χ1) is 8.71. The van der Waals surface area contributed by atoms with Gasteiger partial charge in [0.05, 0.1) is 6.61 Å². The minimum atomic E-state index is -4.41. The Morgan fingerprint density at radius 2 is 1.79 bits per heavy atom. The van der Waals surface area contributed by atoms with Crippen LogP contribution in [0.4, 0.5) is 22.0 Å². The summed E-state index contributed by atoms with van der Waals surface area (Å²) in [4.78, 5) is 10.9. The second-order valence-corrected chi connectivity index (χ2v) is 3.54. The van der Waals surface area contributed by atoms with E-state index < -0.39 is 41.0 Å². The lowest BCUT2D eigenvalue weighted by Crippen LogP contribution is -2.37. The Balaban J connectivity index is 3.12. The fraction of sp³-hybridized carbons (Fsp3) is 0.364. The first kappa shape index (κ1) is 15.4. The van der Waals surface area contributed by atoms with Gasteiger partial charge in [0, 0.05) is 0 Å². The molecular weight excluding hydrogens is 275 g/mol. The molecule has 0 fully saturated rings.